The van der Waals surface area contributed by atoms with Crippen molar-refractivity contribution in [1.29, 1.82) is 0 Å². The maximum Gasteiger partial charge on any atom is 0.247 e. The second kappa shape index (κ2) is 15.0. The molecule has 212 valence electrons. The first kappa shape index (κ1) is 30.6. The van der Waals surface area contributed by atoms with Gasteiger partial charge in [0.1, 0.15) is 12.2 Å². The number of nitrogens with one attached hydrogen (secondary N) is 1. The monoisotopic (exact) mass is 644 g/mol. The fraction of sp³-hybridized carbons (Fsp3) is 0.643. The molecular formula is C28H41IN2O7. The number of nitrogens with zero attached hydrogens (tertiary/aromatic N) is 1. The van der Waals surface area contributed by atoms with E-state index < -0.39 is 18.2 Å². The molecule has 0 aliphatic heterocycles. The lowest BCUT2D eigenvalue weighted by Gasteiger charge is -2.44. The van der Waals surface area contributed by atoms with Crippen LogP contribution in [0.2, 0.25) is 0 Å². The minimum absolute atomic E-state index is 0.00443. The first-order valence-electron chi connectivity index (χ1n) is 13.6. The highest BCUT2D eigenvalue weighted by molar-refractivity contribution is 14.1. The van der Waals surface area contributed by atoms with Crippen LogP contribution in [0.4, 0.5) is 0 Å². The molecule has 0 heterocycles. The Balaban J connectivity index is 2.02. The Morgan fingerprint density at radius 3 is 2.47 bits per heavy atom. The lowest BCUT2D eigenvalue weighted by molar-refractivity contribution is -0.142. The Bertz CT molecular complexity index is 978. The number of aliphatic hydroxyl groups excluding tert-OH is 3. The highest BCUT2D eigenvalue weighted by Crippen LogP contribution is 2.38. The van der Waals surface area contributed by atoms with Gasteiger partial charge in [0.15, 0.2) is 11.5 Å². The second-order valence-corrected chi connectivity index (χ2v) is 11.1. The van der Waals surface area contributed by atoms with E-state index in [0.29, 0.717) is 39.0 Å². The quantitative estimate of drug-likeness (QED) is 0.216. The Hall–Kier alpha value is -1.89. The predicted molar refractivity (Wildman–Crippen MR) is 152 cm³/mol. The molecule has 3 atom stereocenters. The van der Waals surface area contributed by atoms with Gasteiger partial charge in [0.25, 0.3) is 0 Å². The molecule has 0 radical (unpaired) electrons. The van der Waals surface area contributed by atoms with Crippen molar-refractivity contribution in [1.82, 2.24) is 10.2 Å². The summed E-state index contributed by atoms with van der Waals surface area (Å²) in [6.45, 7) is 1.71. The average Bonchev–Trinajstić information content (AvgIpc) is 3.19. The zero-order valence-corrected chi connectivity index (χ0v) is 24.5. The SMILES string of the molecule is CCCC(=O)N(C1CCCCCC1)[C@@H]1CC(C(=O)NCCO)=C[C@H](Oc2c(I)cc(CO)cc2OC)[C@H]1O. The number of amides is 2. The third-order valence-electron chi connectivity index (χ3n) is 7.27. The number of hydrogen-bond donors (Lipinski definition) is 4. The fourth-order valence-electron chi connectivity index (χ4n) is 5.40. The van der Waals surface area contributed by atoms with E-state index in [9.17, 15) is 24.9 Å². The van der Waals surface area contributed by atoms with Crippen LogP contribution in [0.25, 0.3) is 0 Å². The molecule has 2 amide bonds. The van der Waals surface area contributed by atoms with Crippen LogP contribution in [0.3, 0.4) is 0 Å². The highest BCUT2D eigenvalue weighted by atomic mass is 127. The molecule has 0 aromatic heterocycles. The van der Waals surface area contributed by atoms with Crippen LogP contribution in [0.1, 0.15) is 70.3 Å². The minimum atomic E-state index is -1.08. The van der Waals surface area contributed by atoms with Crippen LogP contribution >= 0.6 is 22.6 Å². The molecule has 9 nitrogen and oxygen atoms in total. The van der Waals surface area contributed by atoms with Gasteiger partial charge in [-0.1, -0.05) is 32.6 Å². The number of ether oxygens (including phenoxy) is 2. The number of aliphatic hydroxyl groups is 3. The number of rotatable bonds is 11. The third-order valence-corrected chi connectivity index (χ3v) is 8.07. The number of halogens is 1. The van der Waals surface area contributed by atoms with E-state index >= 15 is 0 Å². The van der Waals surface area contributed by atoms with Crippen molar-refractivity contribution in [2.75, 3.05) is 20.3 Å². The summed E-state index contributed by atoms with van der Waals surface area (Å²) in [5, 5.41) is 33.2. The van der Waals surface area contributed by atoms with Gasteiger partial charge < -0.3 is 35.0 Å². The highest BCUT2D eigenvalue weighted by Gasteiger charge is 2.43. The van der Waals surface area contributed by atoms with Crippen LogP contribution < -0.4 is 14.8 Å². The minimum Gasteiger partial charge on any atom is -0.493 e. The normalized spacial score (nSPS) is 22.3. The van der Waals surface area contributed by atoms with Crippen molar-refractivity contribution < 1.29 is 34.4 Å². The standard InChI is InChI=1S/C28H41IN2O7/c1-3-8-25(34)31(20-9-6-4-5-7-10-20)22-15-19(28(36)30-11-12-32)16-23(26(22)35)38-27-21(29)13-18(17-33)14-24(27)37-2/h13-14,16,20,22-23,26,32-33,35H,3-12,15,17H2,1-2H3,(H,30,36)/t22-,23+,26+/m1/s1. The summed E-state index contributed by atoms with van der Waals surface area (Å²) >= 11 is 2.09. The van der Waals surface area contributed by atoms with Gasteiger partial charge in [-0.3, -0.25) is 9.59 Å². The van der Waals surface area contributed by atoms with Gasteiger partial charge >= 0.3 is 0 Å². The number of methoxy groups -OCH3 is 1. The second-order valence-electron chi connectivity index (χ2n) is 9.98. The van der Waals surface area contributed by atoms with E-state index in [1.54, 1.807) is 18.2 Å². The van der Waals surface area contributed by atoms with Crippen LogP contribution in [0, 0.1) is 3.57 Å². The molecule has 2 aliphatic rings. The van der Waals surface area contributed by atoms with E-state index in [1.807, 2.05) is 11.8 Å². The molecule has 38 heavy (non-hydrogen) atoms. The Kier molecular flexibility index (Phi) is 12.1. The molecule has 3 rings (SSSR count). The average molecular weight is 645 g/mol. The summed E-state index contributed by atoms with van der Waals surface area (Å²) < 4.78 is 12.5. The zero-order chi connectivity index (χ0) is 27.7. The van der Waals surface area contributed by atoms with Gasteiger partial charge in [0.2, 0.25) is 11.8 Å². The molecule has 0 spiro atoms. The molecule has 1 fully saturated rings. The van der Waals surface area contributed by atoms with Crippen molar-refractivity contribution in [3.63, 3.8) is 0 Å². The topological polar surface area (TPSA) is 129 Å². The van der Waals surface area contributed by atoms with Crippen molar-refractivity contribution in [3.05, 3.63) is 32.9 Å². The molecule has 0 bridgehead atoms. The largest absolute Gasteiger partial charge is 0.493 e. The fourth-order valence-corrected chi connectivity index (χ4v) is 6.19. The van der Waals surface area contributed by atoms with Gasteiger partial charge in [-0.05, 0) is 65.6 Å². The van der Waals surface area contributed by atoms with Crippen molar-refractivity contribution >= 4 is 34.4 Å². The molecule has 1 aromatic rings. The lowest BCUT2D eigenvalue weighted by atomic mass is 9.86. The molecule has 1 saturated carbocycles. The zero-order valence-electron chi connectivity index (χ0n) is 22.3. The van der Waals surface area contributed by atoms with E-state index in [1.165, 1.54) is 7.11 Å². The molecule has 4 N–H and O–H groups in total. The van der Waals surface area contributed by atoms with Gasteiger partial charge in [0, 0.05) is 31.0 Å². The Morgan fingerprint density at radius 1 is 1.16 bits per heavy atom. The Labute approximate surface area is 238 Å². The summed E-state index contributed by atoms with van der Waals surface area (Å²) in [4.78, 5) is 28.4. The van der Waals surface area contributed by atoms with Crippen molar-refractivity contribution in [2.45, 2.75) is 95.6 Å². The first-order chi connectivity index (χ1) is 18.3. The molecular weight excluding hydrogens is 603 g/mol. The number of carbonyl (C=O) groups excluding carboxylic acids is 2. The molecule has 2 aliphatic carbocycles. The molecule has 1 aromatic carbocycles. The Morgan fingerprint density at radius 2 is 1.87 bits per heavy atom. The summed E-state index contributed by atoms with van der Waals surface area (Å²) in [7, 11) is 1.50. The summed E-state index contributed by atoms with van der Waals surface area (Å²) in [5.74, 6) is 0.421. The summed E-state index contributed by atoms with van der Waals surface area (Å²) in [5.41, 5.74) is 1.06. The summed E-state index contributed by atoms with van der Waals surface area (Å²) in [6.07, 6.45) is 6.91. The number of benzene rings is 1. The van der Waals surface area contributed by atoms with E-state index in [2.05, 4.69) is 27.9 Å². The lowest BCUT2D eigenvalue weighted by Crippen LogP contribution is -2.58. The van der Waals surface area contributed by atoms with E-state index in [-0.39, 0.29) is 44.0 Å². The van der Waals surface area contributed by atoms with E-state index in [4.69, 9.17) is 9.47 Å². The van der Waals surface area contributed by atoms with Crippen LogP contribution in [0.5, 0.6) is 11.5 Å². The van der Waals surface area contributed by atoms with E-state index in [0.717, 1.165) is 38.5 Å². The van der Waals surface area contributed by atoms with Crippen LogP contribution in [0.15, 0.2) is 23.8 Å². The van der Waals surface area contributed by atoms with Gasteiger partial charge in [-0.15, -0.1) is 0 Å². The van der Waals surface area contributed by atoms with Crippen molar-refractivity contribution in [2.24, 2.45) is 0 Å². The van der Waals surface area contributed by atoms with Gasteiger partial charge in [-0.2, -0.15) is 0 Å². The molecule has 10 heteroatoms. The van der Waals surface area contributed by atoms with Crippen LogP contribution in [-0.4, -0.2) is 76.6 Å². The number of carbonyl (C=O) groups is 2. The maximum atomic E-state index is 13.5. The first-order valence-corrected chi connectivity index (χ1v) is 14.6. The third kappa shape index (κ3) is 7.61. The van der Waals surface area contributed by atoms with Crippen LogP contribution in [-0.2, 0) is 16.2 Å². The van der Waals surface area contributed by atoms with Gasteiger partial charge in [-0.25, -0.2) is 0 Å². The number of hydrogen-bond acceptors (Lipinski definition) is 7. The van der Waals surface area contributed by atoms with Gasteiger partial charge in [0.05, 0.1) is 29.9 Å². The predicted octanol–water partition coefficient (Wildman–Crippen LogP) is 3.06. The molecule has 0 unspecified atom stereocenters. The summed E-state index contributed by atoms with van der Waals surface area (Å²) in [6, 6.07) is 2.80. The smallest absolute Gasteiger partial charge is 0.247 e. The molecule has 0 saturated heterocycles. The van der Waals surface area contributed by atoms with Crippen molar-refractivity contribution in [3.8, 4) is 11.5 Å². The maximum absolute atomic E-state index is 13.5.